The van der Waals surface area contributed by atoms with Gasteiger partial charge in [0, 0.05) is 11.9 Å². The number of unbranched alkanes of at least 4 members (excludes halogenated alkanes) is 12. The van der Waals surface area contributed by atoms with Crippen molar-refractivity contribution >= 4 is 15.9 Å². The molecule has 0 aliphatic heterocycles. The Morgan fingerprint density at radius 3 is 0.721 bits per heavy atom. The van der Waals surface area contributed by atoms with E-state index in [4.69, 9.17) is 42.6 Å². The van der Waals surface area contributed by atoms with E-state index in [1.165, 1.54) is 77.0 Å². The van der Waals surface area contributed by atoms with Gasteiger partial charge >= 0.3 is 0 Å². The lowest BCUT2D eigenvalue weighted by Gasteiger charge is -2.09. The molecule has 0 aliphatic rings. The molecule has 0 rings (SSSR count). The Morgan fingerprint density at radius 2 is 0.465 bits per heavy atom. The van der Waals surface area contributed by atoms with E-state index < -0.39 is 0 Å². The van der Waals surface area contributed by atoms with Gasteiger partial charge in [-0.15, -0.1) is 0 Å². The van der Waals surface area contributed by atoms with E-state index in [9.17, 15) is 0 Å². The number of hydrogen-bond acceptors (Lipinski definition) is 9. The Labute approximate surface area is 272 Å². The first-order valence-electron chi connectivity index (χ1n) is 17.2. The van der Waals surface area contributed by atoms with Crippen LogP contribution >= 0.6 is 15.9 Å². The molecule has 0 radical (unpaired) electrons. The van der Waals surface area contributed by atoms with Crippen molar-refractivity contribution in [3.63, 3.8) is 0 Å². The highest BCUT2D eigenvalue weighted by Gasteiger charge is 1.97. The fraction of sp³-hybridized carbons (Fsp3) is 1.00. The zero-order chi connectivity index (χ0) is 31.0. The predicted molar refractivity (Wildman–Crippen MR) is 177 cm³/mol. The first-order valence-corrected chi connectivity index (χ1v) is 18.3. The first-order chi connectivity index (χ1) is 21.4. The number of hydrogen-bond donors (Lipinski definition) is 0. The monoisotopic (exact) mass is 686 g/mol. The third-order valence-corrected chi connectivity index (χ3v) is 6.91. The third kappa shape index (κ3) is 42.1. The summed E-state index contributed by atoms with van der Waals surface area (Å²) in [5, 5.41) is 0.845. The maximum atomic E-state index is 5.67. The normalized spacial score (nSPS) is 11.6. The van der Waals surface area contributed by atoms with Gasteiger partial charge in [0.25, 0.3) is 0 Å². The second-order valence-electron chi connectivity index (χ2n) is 10.4. The molecular formula is C33H67BrO9. The Hall–Kier alpha value is 0.120. The van der Waals surface area contributed by atoms with Crippen LogP contribution in [0.3, 0.4) is 0 Å². The lowest BCUT2D eigenvalue weighted by Crippen LogP contribution is -2.15. The SMILES string of the molecule is CCCCCCCCCCCCCCCOCCOCCOCCOCCOCCOCCOCCOCCOCCBr. The number of rotatable bonds is 40. The Morgan fingerprint density at radius 1 is 0.256 bits per heavy atom. The van der Waals surface area contributed by atoms with Gasteiger partial charge in [0.1, 0.15) is 0 Å². The summed E-state index contributed by atoms with van der Waals surface area (Å²) in [7, 11) is 0. The van der Waals surface area contributed by atoms with Crippen LogP contribution in [0, 0.1) is 0 Å². The van der Waals surface area contributed by atoms with Crippen molar-refractivity contribution in [1.29, 1.82) is 0 Å². The summed E-state index contributed by atoms with van der Waals surface area (Å²) < 4.78 is 49.3. The summed E-state index contributed by atoms with van der Waals surface area (Å²) in [6.07, 6.45) is 17.8. The Balaban J connectivity index is 3.02. The molecule has 43 heavy (non-hydrogen) atoms. The molecule has 0 spiro atoms. The molecule has 0 aromatic rings. The molecule has 0 atom stereocenters. The zero-order valence-electron chi connectivity index (χ0n) is 27.7. The smallest absolute Gasteiger partial charge is 0.0701 e. The van der Waals surface area contributed by atoms with E-state index in [1.54, 1.807) is 0 Å². The summed E-state index contributed by atoms with van der Waals surface area (Å²) in [5.41, 5.74) is 0. The molecule has 0 saturated heterocycles. The van der Waals surface area contributed by atoms with Crippen LogP contribution in [0.4, 0.5) is 0 Å². The van der Waals surface area contributed by atoms with E-state index in [0.717, 1.165) is 18.4 Å². The van der Waals surface area contributed by atoms with Crippen molar-refractivity contribution in [2.45, 2.75) is 90.4 Å². The molecule has 10 heteroatoms. The van der Waals surface area contributed by atoms with Crippen LogP contribution < -0.4 is 0 Å². The molecule has 0 aromatic carbocycles. The summed E-state index contributed by atoms with van der Waals surface area (Å²) in [6, 6.07) is 0. The molecule has 0 aromatic heterocycles. The van der Waals surface area contributed by atoms with E-state index in [0.29, 0.717) is 112 Å². The molecule has 9 nitrogen and oxygen atoms in total. The van der Waals surface area contributed by atoms with Crippen LogP contribution in [0.25, 0.3) is 0 Å². The fourth-order valence-electron chi connectivity index (χ4n) is 4.14. The van der Waals surface area contributed by atoms with Crippen LogP contribution in [0.15, 0.2) is 0 Å². The van der Waals surface area contributed by atoms with Gasteiger partial charge in [0.2, 0.25) is 0 Å². The van der Waals surface area contributed by atoms with Crippen molar-refractivity contribution in [3.8, 4) is 0 Å². The topological polar surface area (TPSA) is 83.1 Å². The van der Waals surface area contributed by atoms with Crippen LogP contribution in [0.1, 0.15) is 90.4 Å². The lowest BCUT2D eigenvalue weighted by molar-refractivity contribution is -0.0248. The van der Waals surface area contributed by atoms with Crippen molar-refractivity contribution in [3.05, 3.63) is 0 Å². The summed E-state index contributed by atoms with van der Waals surface area (Å²) in [4.78, 5) is 0. The second-order valence-corrected chi connectivity index (χ2v) is 11.2. The zero-order valence-corrected chi connectivity index (χ0v) is 29.3. The predicted octanol–water partition coefficient (Wildman–Crippen LogP) is 6.62. The molecule has 0 unspecified atom stereocenters. The van der Waals surface area contributed by atoms with Crippen LogP contribution in [0.2, 0.25) is 0 Å². The van der Waals surface area contributed by atoms with E-state index in [1.807, 2.05) is 0 Å². The maximum Gasteiger partial charge on any atom is 0.0701 e. The van der Waals surface area contributed by atoms with Gasteiger partial charge in [-0.3, -0.25) is 0 Å². The van der Waals surface area contributed by atoms with Gasteiger partial charge in [0.15, 0.2) is 0 Å². The highest BCUT2D eigenvalue weighted by atomic mass is 79.9. The maximum absolute atomic E-state index is 5.67. The number of halogens is 1. The van der Waals surface area contributed by atoms with Crippen molar-refractivity contribution < 1.29 is 42.6 Å². The average Bonchev–Trinajstić information content (AvgIpc) is 3.02. The largest absolute Gasteiger partial charge is 0.379 e. The lowest BCUT2D eigenvalue weighted by atomic mass is 10.0. The number of ether oxygens (including phenoxy) is 9. The van der Waals surface area contributed by atoms with Gasteiger partial charge in [-0.1, -0.05) is 99.9 Å². The Bertz CT molecular complexity index is 438. The van der Waals surface area contributed by atoms with Crippen LogP contribution in [-0.4, -0.2) is 124 Å². The van der Waals surface area contributed by atoms with Crippen molar-refractivity contribution in [2.24, 2.45) is 0 Å². The highest BCUT2D eigenvalue weighted by molar-refractivity contribution is 9.09. The molecule has 0 amide bonds. The van der Waals surface area contributed by atoms with Crippen LogP contribution in [-0.2, 0) is 42.6 Å². The molecule has 260 valence electrons. The van der Waals surface area contributed by atoms with E-state index in [-0.39, 0.29) is 0 Å². The minimum absolute atomic E-state index is 0.540. The summed E-state index contributed by atoms with van der Waals surface area (Å²) in [6.45, 7) is 12.9. The molecular weight excluding hydrogens is 620 g/mol. The molecule has 0 bridgehead atoms. The molecule has 0 aliphatic carbocycles. The second kappa shape index (κ2) is 42.1. The summed E-state index contributed by atoms with van der Waals surface area (Å²) in [5.74, 6) is 0. The molecule has 0 saturated carbocycles. The standard InChI is InChI=1S/C33H67BrO9/c1-2-3-4-5-6-7-8-9-10-11-12-13-14-16-35-18-20-37-22-24-39-26-28-41-30-32-43-33-31-42-29-27-40-25-23-38-21-19-36-17-15-34/h2-33H2,1H3. The van der Waals surface area contributed by atoms with Gasteiger partial charge in [0.05, 0.1) is 112 Å². The molecule has 0 N–H and O–H groups in total. The van der Waals surface area contributed by atoms with E-state index >= 15 is 0 Å². The van der Waals surface area contributed by atoms with Crippen LogP contribution in [0.5, 0.6) is 0 Å². The third-order valence-electron chi connectivity index (χ3n) is 6.59. The van der Waals surface area contributed by atoms with Crippen molar-refractivity contribution in [2.75, 3.05) is 124 Å². The average molecular weight is 688 g/mol. The summed E-state index contributed by atoms with van der Waals surface area (Å²) >= 11 is 3.31. The number of alkyl halides is 1. The molecule has 0 heterocycles. The van der Waals surface area contributed by atoms with Gasteiger partial charge < -0.3 is 42.6 Å². The van der Waals surface area contributed by atoms with Crippen molar-refractivity contribution in [1.82, 2.24) is 0 Å². The van der Waals surface area contributed by atoms with E-state index in [2.05, 4.69) is 22.9 Å². The Kier molecular flexibility index (Phi) is 42.2. The fourth-order valence-corrected chi connectivity index (χ4v) is 4.37. The minimum Gasteiger partial charge on any atom is -0.379 e. The van der Waals surface area contributed by atoms with Gasteiger partial charge in [-0.05, 0) is 6.42 Å². The molecule has 0 fully saturated rings. The first kappa shape index (κ1) is 43.1. The minimum atomic E-state index is 0.540. The van der Waals surface area contributed by atoms with Gasteiger partial charge in [-0.2, -0.15) is 0 Å². The highest BCUT2D eigenvalue weighted by Crippen LogP contribution is 2.12. The quantitative estimate of drug-likeness (QED) is 0.0522. The van der Waals surface area contributed by atoms with Gasteiger partial charge in [-0.25, -0.2) is 0 Å².